The third-order valence-corrected chi connectivity index (χ3v) is 4.81. The summed E-state index contributed by atoms with van der Waals surface area (Å²) in [7, 11) is 0. The van der Waals surface area contributed by atoms with Gasteiger partial charge in [-0.25, -0.2) is 4.68 Å². The third-order valence-electron chi connectivity index (χ3n) is 4.81. The molecule has 4 heterocycles. The van der Waals surface area contributed by atoms with E-state index < -0.39 is 0 Å². The lowest BCUT2D eigenvalue weighted by atomic mass is 9.80. The Balaban J connectivity index is 1.63. The van der Waals surface area contributed by atoms with E-state index in [0.29, 0.717) is 18.8 Å². The van der Waals surface area contributed by atoms with E-state index in [1.54, 1.807) is 23.3 Å². The number of nitrogens with zero attached hydrogens (tertiary/aromatic N) is 4. The highest BCUT2D eigenvalue weighted by Crippen LogP contribution is 2.43. The topological polar surface area (TPSA) is 85.8 Å². The molecular weight excluding hydrogens is 318 g/mol. The zero-order valence-corrected chi connectivity index (χ0v) is 13.3. The lowest BCUT2D eigenvalue weighted by Gasteiger charge is -2.34. The van der Waals surface area contributed by atoms with E-state index in [1.165, 1.54) is 6.33 Å². The smallest absolute Gasteiger partial charge is 0.226 e. The van der Waals surface area contributed by atoms with Crippen LogP contribution in [0.2, 0.25) is 0 Å². The van der Waals surface area contributed by atoms with Gasteiger partial charge in [-0.2, -0.15) is 10.1 Å². The molecule has 0 aromatic carbocycles. The molecule has 2 aliphatic rings. The summed E-state index contributed by atoms with van der Waals surface area (Å²) in [6, 6.07) is 7.31. The highest BCUT2D eigenvalue weighted by atomic mass is 16.3. The molecule has 124 valence electrons. The summed E-state index contributed by atoms with van der Waals surface area (Å²) in [4.78, 5) is 21.5. The number of allylic oxidation sites excluding steroid dienone is 2. The maximum Gasteiger partial charge on any atom is 0.226 e. The number of carbonyl (C=O) groups excluding carboxylic acids is 1. The van der Waals surface area contributed by atoms with Gasteiger partial charge >= 0.3 is 0 Å². The number of furan rings is 1. The first-order chi connectivity index (χ1) is 12.3. The van der Waals surface area contributed by atoms with Crippen molar-refractivity contribution in [3.63, 3.8) is 0 Å². The van der Waals surface area contributed by atoms with Crippen molar-refractivity contribution in [2.75, 3.05) is 5.32 Å². The molecule has 1 aliphatic carbocycles. The van der Waals surface area contributed by atoms with Crippen LogP contribution in [-0.2, 0) is 4.79 Å². The number of anilines is 1. The van der Waals surface area contributed by atoms with Gasteiger partial charge in [0.1, 0.15) is 18.1 Å². The van der Waals surface area contributed by atoms with Crippen molar-refractivity contribution >= 4 is 11.7 Å². The Hall–Kier alpha value is -3.22. The lowest BCUT2D eigenvalue weighted by Crippen LogP contribution is -2.33. The van der Waals surface area contributed by atoms with Crippen molar-refractivity contribution in [1.29, 1.82) is 0 Å². The molecule has 0 radical (unpaired) electrons. The molecule has 0 saturated heterocycles. The number of carbonyl (C=O) groups is 1. The van der Waals surface area contributed by atoms with Gasteiger partial charge in [0, 0.05) is 36.0 Å². The largest absolute Gasteiger partial charge is 0.469 e. The molecule has 0 saturated carbocycles. The van der Waals surface area contributed by atoms with Gasteiger partial charge in [0.2, 0.25) is 5.95 Å². The van der Waals surface area contributed by atoms with E-state index >= 15 is 0 Å². The van der Waals surface area contributed by atoms with Gasteiger partial charge in [0.05, 0.1) is 6.26 Å². The monoisotopic (exact) mass is 333 g/mol. The number of aromatic nitrogens is 4. The van der Waals surface area contributed by atoms with Gasteiger partial charge in [0.15, 0.2) is 5.78 Å². The number of pyridine rings is 1. The average molecular weight is 333 g/mol. The molecule has 1 N–H and O–H groups in total. The first-order valence-corrected chi connectivity index (χ1v) is 8.17. The van der Waals surface area contributed by atoms with Crippen LogP contribution >= 0.6 is 0 Å². The number of rotatable bonds is 2. The van der Waals surface area contributed by atoms with E-state index in [-0.39, 0.29) is 17.7 Å². The van der Waals surface area contributed by atoms with Crippen LogP contribution in [0.1, 0.15) is 36.1 Å². The Morgan fingerprint density at radius 2 is 2.20 bits per heavy atom. The predicted molar refractivity (Wildman–Crippen MR) is 88.7 cm³/mol. The standard InChI is InChI=1S/C18H15N5O2/c24-14-8-12(15-4-2-6-25-15)7-13-16(14)17(11-3-1-5-19-9-11)23-18(22-13)20-10-21-23/h1-6,9-10,12,17H,7-8H2,(H,20,21,22)/t12-,17+/m1/s1. The fourth-order valence-corrected chi connectivity index (χ4v) is 3.72. The Morgan fingerprint density at radius 3 is 3.00 bits per heavy atom. The second-order valence-electron chi connectivity index (χ2n) is 6.28. The highest BCUT2D eigenvalue weighted by molar-refractivity contribution is 6.00. The first-order valence-electron chi connectivity index (χ1n) is 8.17. The molecule has 5 rings (SSSR count). The molecule has 0 bridgehead atoms. The maximum absolute atomic E-state index is 13.0. The number of ketones is 1. The average Bonchev–Trinajstić information content (AvgIpc) is 3.32. The Morgan fingerprint density at radius 1 is 1.24 bits per heavy atom. The number of hydrogen-bond donors (Lipinski definition) is 1. The summed E-state index contributed by atoms with van der Waals surface area (Å²) < 4.78 is 7.27. The van der Waals surface area contributed by atoms with Crippen LogP contribution in [0.25, 0.3) is 0 Å². The molecule has 0 spiro atoms. The number of nitrogens with one attached hydrogen (secondary N) is 1. The van der Waals surface area contributed by atoms with E-state index in [0.717, 1.165) is 22.6 Å². The van der Waals surface area contributed by atoms with Crippen LogP contribution in [0, 0.1) is 0 Å². The molecular formula is C18H15N5O2. The first kappa shape index (κ1) is 14.2. The molecule has 0 fully saturated rings. The zero-order chi connectivity index (χ0) is 16.8. The van der Waals surface area contributed by atoms with Gasteiger partial charge in [-0.05, 0) is 30.2 Å². The van der Waals surface area contributed by atoms with Gasteiger partial charge in [0.25, 0.3) is 0 Å². The van der Waals surface area contributed by atoms with Crippen molar-refractivity contribution in [3.8, 4) is 0 Å². The predicted octanol–water partition coefficient (Wildman–Crippen LogP) is 2.68. The Bertz CT molecular complexity index is 959. The molecule has 2 atom stereocenters. The molecule has 25 heavy (non-hydrogen) atoms. The second-order valence-corrected chi connectivity index (χ2v) is 6.28. The van der Waals surface area contributed by atoms with Crippen LogP contribution in [0.4, 0.5) is 5.95 Å². The molecule has 3 aromatic rings. The minimum absolute atomic E-state index is 0.0396. The van der Waals surface area contributed by atoms with Crippen LogP contribution in [0.3, 0.4) is 0 Å². The Labute approximate surface area is 143 Å². The van der Waals surface area contributed by atoms with Crippen LogP contribution in [-0.4, -0.2) is 25.5 Å². The Kier molecular flexibility index (Phi) is 3.06. The summed E-state index contributed by atoms with van der Waals surface area (Å²) >= 11 is 0. The SMILES string of the molecule is O=C1C[C@H](c2ccco2)CC2=C1[C@H](c1cccnc1)n1ncnc1N2. The normalized spacial score (nSPS) is 22.3. The van der Waals surface area contributed by atoms with Gasteiger partial charge in [-0.1, -0.05) is 6.07 Å². The van der Waals surface area contributed by atoms with E-state index in [2.05, 4.69) is 20.4 Å². The number of Topliss-reactive ketones (excluding diaryl/α,β-unsaturated/α-hetero) is 1. The van der Waals surface area contributed by atoms with Gasteiger partial charge in [-0.15, -0.1) is 0 Å². The maximum atomic E-state index is 13.0. The van der Waals surface area contributed by atoms with Crippen molar-refractivity contribution in [3.05, 3.63) is 71.8 Å². The van der Waals surface area contributed by atoms with Crippen molar-refractivity contribution in [1.82, 2.24) is 19.7 Å². The third kappa shape index (κ3) is 2.20. The minimum atomic E-state index is -0.299. The van der Waals surface area contributed by atoms with Crippen LogP contribution in [0.15, 0.2) is 64.9 Å². The number of hydrogen-bond acceptors (Lipinski definition) is 6. The molecule has 1 aliphatic heterocycles. The lowest BCUT2D eigenvalue weighted by molar-refractivity contribution is -0.117. The molecule has 3 aromatic heterocycles. The van der Waals surface area contributed by atoms with Crippen molar-refractivity contribution in [2.45, 2.75) is 24.8 Å². The summed E-state index contributed by atoms with van der Waals surface area (Å²) in [5.41, 5.74) is 2.56. The minimum Gasteiger partial charge on any atom is -0.469 e. The van der Waals surface area contributed by atoms with E-state index in [9.17, 15) is 4.79 Å². The summed E-state index contributed by atoms with van der Waals surface area (Å²) in [5, 5.41) is 7.61. The molecule has 7 nitrogen and oxygen atoms in total. The van der Waals surface area contributed by atoms with E-state index in [1.807, 2.05) is 24.3 Å². The van der Waals surface area contributed by atoms with E-state index in [4.69, 9.17) is 4.42 Å². The fourth-order valence-electron chi connectivity index (χ4n) is 3.72. The molecule has 7 heteroatoms. The summed E-state index contributed by atoms with van der Waals surface area (Å²) in [6.45, 7) is 0. The molecule has 0 unspecified atom stereocenters. The van der Waals surface area contributed by atoms with Gasteiger partial charge in [-0.3, -0.25) is 9.78 Å². The van der Waals surface area contributed by atoms with Crippen LogP contribution in [0.5, 0.6) is 0 Å². The zero-order valence-electron chi connectivity index (χ0n) is 13.3. The summed E-state index contributed by atoms with van der Waals surface area (Å²) in [5.74, 6) is 1.62. The van der Waals surface area contributed by atoms with Gasteiger partial charge < -0.3 is 9.73 Å². The van der Waals surface area contributed by atoms with Crippen molar-refractivity contribution in [2.24, 2.45) is 0 Å². The van der Waals surface area contributed by atoms with Crippen LogP contribution < -0.4 is 5.32 Å². The quantitative estimate of drug-likeness (QED) is 0.776. The van der Waals surface area contributed by atoms with Crippen molar-refractivity contribution < 1.29 is 9.21 Å². The summed E-state index contributed by atoms with van der Waals surface area (Å²) in [6.07, 6.45) is 7.77. The number of fused-ring (bicyclic) bond motifs is 1. The second kappa shape index (κ2) is 5.41. The molecule has 0 amide bonds. The fraction of sp³-hybridized carbons (Fsp3) is 0.222. The highest BCUT2D eigenvalue weighted by Gasteiger charge is 2.39.